The summed E-state index contributed by atoms with van der Waals surface area (Å²) < 4.78 is 0. The molecule has 2 N–H and O–H groups in total. The average molecular weight is 280 g/mol. The van der Waals surface area contributed by atoms with Gasteiger partial charge in [-0.3, -0.25) is 0 Å². The Labute approximate surface area is 113 Å². The van der Waals surface area contributed by atoms with E-state index >= 15 is 0 Å². The second-order valence-corrected chi connectivity index (χ2v) is 9.92. The van der Waals surface area contributed by atoms with Crippen molar-refractivity contribution in [2.24, 2.45) is 0 Å². The summed E-state index contributed by atoms with van der Waals surface area (Å²) in [4.78, 5) is 21.3. The molecule has 0 radical (unpaired) electrons. The van der Waals surface area contributed by atoms with Crippen LogP contribution in [0.4, 0.5) is 0 Å². The van der Waals surface area contributed by atoms with Crippen molar-refractivity contribution in [1.82, 2.24) is 0 Å². The van der Waals surface area contributed by atoms with Crippen molar-refractivity contribution in [1.29, 1.82) is 0 Å². The van der Waals surface area contributed by atoms with Gasteiger partial charge < -0.3 is 0 Å². The Hall–Kier alpha value is -0.860. The van der Waals surface area contributed by atoms with Crippen LogP contribution in [0.3, 0.4) is 0 Å². The van der Waals surface area contributed by atoms with Crippen LogP contribution in [0.5, 0.6) is 0 Å². The van der Waals surface area contributed by atoms with E-state index in [1.165, 1.54) is 0 Å². The number of hydrogen-bond donors (Lipinski definition) is 3. The Morgan fingerprint density at radius 3 is 1.28 bits per heavy atom. The molecule has 18 heavy (non-hydrogen) atoms. The van der Waals surface area contributed by atoms with Gasteiger partial charge in [-0.25, -0.2) is 0 Å². The molecule has 0 aromatic heterocycles. The minimum absolute atomic E-state index is 0.457. The monoisotopic (exact) mass is 280 g/mol. The number of thiol groups is 1. The first-order valence-electron chi connectivity index (χ1n) is 5.69. The molecule has 0 aliphatic heterocycles. The van der Waals surface area contributed by atoms with Crippen LogP contribution >= 0.6 is 18.5 Å². The molecule has 0 amide bonds. The van der Waals surface area contributed by atoms with Gasteiger partial charge in [-0.05, 0) is 0 Å². The van der Waals surface area contributed by atoms with E-state index in [1.807, 2.05) is 38.1 Å². The van der Waals surface area contributed by atoms with Crippen LogP contribution in [0.2, 0.25) is 0 Å². The van der Waals surface area contributed by atoms with Crippen molar-refractivity contribution in [3.05, 3.63) is 59.7 Å². The van der Waals surface area contributed by atoms with Crippen molar-refractivity contribution < 1.29 is 9.79 Å². The average Bonchev–Trinajstić information content (AvgIpc) is 2.29. The van der Waals surface area contributed by atoms with Gasteiger partial charge >= 0.3 is 112 Å². The van der Waals surface area contributed by atoms with Crippen LogP contribution in [-0.4, -0.2) is 9.79 Å². The van der Waals surface area contributed by atoms with Crippen molar-refractivity contribution in [3.8, 4) is 0 Å². The Morgan fingerprint density at radius 2 is 1.00 bits per heavy atom. The van der Waals surface area contributed by atoms with Gasteiger partial charge in [0.15, 0.2) is 0 Å². The van der Waals surface area contributed by atoms with E-state index in [1.54, 1.807) is 24.3 Å². The number of aryl methyl sites for hydroxylation is 2. The molecule has 0 heterocycles. The van der Waals surface area contributed by atoms with Crippen molar-refractivity contribution in [3.63, 3.8) is 0 Å². The fourth-order valence-electron chi connectivity index (χ4n) is 1.79. The van der Waals surface area contributed by atoms with Crippen molar-refractivity contribution >= 4 is 29.1 Å². The van der Waals surface area contributed by atoms with Gasteiger partial charge in [0.1, 0.15) is 0 Å². The number of rotatable bonds is 2. The molecule has 0 aliphatic carbocycles. The molecule has 0 fully saturated rings. The first-order valence-corrected chi connectivity index (χ1v) is 8.98. The van der Waals surface area contributed by atoms with Crippen LogP contribution in [0.1, 0.15) is 11.1 Å². The van der Waals surface area contributed by atoms with Crippen LogP contribution in [0, 0.1) is 13.8 Å². The van der Waals surface area contributed by atoms with Gasteiger partial charge in [0.2, 0.25) is 0 Å². The van der Waals surface area contributed by atoms with Crippen molar-refractivity contribution in [2.45, 2.75) is 13.8 Å². The topological polar surface area (TPSA) is 40.5 Å². The molecule has 2 aromatic rings. The Bertz CT molecular complexity index is 504. The second-order valence-electron chi connectivity index (χ2n) is 4.65. The van der Waals surface area contributed by atoms with E-state index in [-0.39, 0.29) is 0 Å². The Balaban J connectivity index is 2.56. The fraction of sp³-hybridized carbons (Fsp3) is 0.143. The summed E-state index contributed by atoms with van der Waals surface area (Å²) >= 11 is 4.23. The van der Waals surface area contributed by atoms with Crippen molar-refractivity contribution in [2.75, 3.05) is 0 Å². The Morgan fingerprint density at radius 1 is 0.722 bits per heavy atom. The standard InChI is InChI=1S/C14H17O2PS/c1-11-3-7-13(8-4-11)17(15,16,18)14-9-5-12(2)6-10-14/h3-10,15-16,18H,1-2H3. The van der Waals surface area contributed by atoms with Crippen LogP contribution in [0.25, 0.3) is 0 Å². The quantitative estimate of drug-likeness (QED) is 0.584. The zero-order chi connectivity index (χ0) is 13.4. The molecule has 96 valence electrons. The third-order valence-electron chi connectivity index (χ3n) is 3.02. The SMILES string of the molecule is Cc1ccc(P(O)(O)(S)c2ccc(C)cc2)cc1. The van der Waals surface area contributed by atoms with Gasteiger partial charge in [0.05, 0.1) is 0 Å². The summed E-state index contributed by atoms with van der Waals surface area (Å²) in [7, 11) is 0. The first kappa shape index (κ1) is 13.6. The molecular weight excluding hydrogens is 263 g/mol. The molecule has 0 saturated heterocycles. The fourth-order valence-corrected chi connectivity index (χ4v) is 4.28. The molecule has 0 unspecified atom stereocenters. The third kappa shape index (κ3) is 2.45. The van der Waals surface area contributed by atoms with Crippen LogP contribution in [0.15, 0.2) is 48.5 Å². The molecule has 4 heteroatoms. The molecule has 2 aromatic carbocycles. The van der Waals surface area contributed by atoms with E-state index in [0.29, 0.717) is 10.6 Å². The van der Waals surface area contributed by atoms with Gasteiger partial charge in [-0.15, -0.1) is 0 Å². The maximum absolute atomic E-state index is 10.7. The first-order chi connectivity index (χ1) is 8.28. The van der Waals surface area contributed by atoms with Gasteiger partial charge in [-0.1, -0.05) is 0 Å². The van der Waals surface area contributed by atoms with Crippen LogP contribution in [-0.2, 0) is 0 Å². The normalized spacial score (nSPS) is 13.9. The van der Waals surface area contributed by atoms with E-state index in [9.17, 15) is 9.79 Å². The third-order valence-corrected chi connectivity index (χ3v) is 6.90. The Kier molecular flexibility index (Phi) is 3.28. The summed E-state index contributed by atoms with van der Waals surface area (Å²) in [5.74, 6) is 0. The zero-order valence-electron chi connectivity index (χ0n) is 10.4. The summed E-state index contributed by atoms with van der Waals surface area (Å²) in [5, 5.41) is 0.914. The van der Waals surface area contributed by atoms with E-state index in [2.05, 4.69) is 12.2 Å². The molecule has 0 spiro atoms. The maximum atomic E-state index is 10.7. The predicted molar refractivity (Wildman–Crippen MR) is 82.0 cm³/mol. The number of hydrogen-bond acceptors (Lipinski definition) is 3. The summed E-state index contributed by atoms with van der Waals surface area (Å²) in [6.07, 6.45) is -4.29. The zero-order valence-corrected chi connectivity index (χ0v) is 12.2. The second kappa shape index (κ2) is 4.36. The summed E-state index contributed by atoms with van der Waals surface area (Å²) in [6.45, 7) is 3.91. The summed E-state index contributed by atoms with van der Waals surface area (Å²) in [5.41, 5.74) is 2.14. The van der Waals surface area contributed by atoms with E-state index in [0.717, 1.165) is 11.1 Å². The van der Waals surface area contributed by atoms with E-state index in [4.69, 9.17) is 0 Å². The molecule has 0 saturated carbocycles. The minimum atomic E-state index is -4.29. The molecular formula is C14H17O2PS. The van der Waals surface area contributed by atoms with E-state index < -0.39 is 6.26 Å². The van der Waals surface area contributed by atoms with Gasteiger partial charge in [-0.2, -0.15) is 0 Å². The molecule has 0 bridgehead atoms. The van der Waals surface area contributed by atoms with Crippen LogP contribution < -0.4 is 10.6 Å². The predicted octanol–water partition coefficient (Wildman–Crippen LogP) is 2.47. The molecule has 2 nitrogen and oxygen atoms in total. The molecule has 2 rings (SSSR count). The molecule has 0 aliphatic rings. The van der Waals surface area contributed by atoms with Gasteiger partial charge in [0, 0.05) is 0 Å². The molecule has 0 atom stereocenters. The summed E-state index contributed by atoms with van der Waals surface area (Å²) in [6, 6.07) is 14.3. The number of benzene rings is 2. The van der Waals surface area contributed by atoms with Gasteiger partial charge in [0.25, 0.3) is 0 Å².